The minimum atomic E-state index is 0.331. The number of hydrogen-bond acceptors (Lipinski definition) is 2. The molecule has 2 unspecified atom stereocenters. The Morgan fingerprint density at radius 1 is 1.45 bits per heavy atom. The summed E-state index contributed by atoms with van der Waals surface area (Å²) in [6.07, 6.45) is 9.64. The third kappa shape index (κ3) is 5.66. The van der Waals surface area contributed by atoms with Gasteiger partial charge in [0.15, 0.2) is 0 Å². The van der Waals surface area contributed by atoms with Gasteiger partial charge in [-0.1, -0.05) is 25.8 Å². The van der Waals surface area contributed by atoms with E-state index >= 15 is 0 Å². The molecular formula is C17H32N2O. The van der Waals surface area contributed by atoms with Crippen LogP contribution in [0, 0.1) is 5.92 Å². The molecule has 3 heteroatoms. The van der Waals surface area contributed by atoms with Crippen molar-refractivity contribution < 1.29 is 4.79 Å². The van der Waals surface area contributed by atoms with Gasteiger partial charge >= 0.3 is 0 Å². The van der Waals surface area contributed by atoms with Crippen molar-refractivity contribution in [1.29, 1.82) is 0 Å². The first-order valence-corrected chi connectivity index (χ1v) is 8.15. The van der Waals surface area contributed by atoms with Crippen molar-refractivity contribution in [2.75, 3.05) is 27.2 Å². The van der Waals surface area contributed by atoms with Crippen LogP contribution in [0.5, 0.6) is 0 Å². The second-order valence-corrected chi connectivity index (χ2v) is 6.34. The van der Waals surface area contributed by atoms with E-state index in [1.54, 1.807) is 0 Å². The minimum absolute atomic E-state index is 0.331. The summed E-state index contributed by atoms with van der Waals surface area (Å²) in [6.45, 7) is 8.02. The van der Waals surface area contributed by atoms with Gasteiger partial charge in [-0.15, -0.1) is 6.58 Å². The Morgan fingerprint density at radius 3 is 2.80 bits per heavy atom. The average molecular weight is 280 g/mol. The second kappa shape index (κ2) is 9.17. The average Bonchev–Trinajstić information content (AvgIpc) is 2.43. The highest BCUT2D eigenvalue weighted by Crippen LogP contribution is 2.22. The summed E-state index contributed by atoms with van der Waals surface area (Å²) in [7, 11) is 4.18. The van der Waals surface area contributed by atoms with Crippen molar-refractivity contribution >= 4 is 5.91 Å². The predicted octanol–water partition coefficient (Wildman–Crippen LogP) is 3.31. The van der Waals surface area contributed by atoms with Crippen LogP contribution in [0.15, 0.2) is 12.7 Å². The van der Waals surface area contributed by atoms with Gasteiger partial charge in [0, 0.05) is 25.6 Å². The molecule has 0 radical (unpaired) electrons. The van der Waals surface area contributed by atoms with Crippen LogP contribution in [0.4, 0.5) is 0 Å². The highest BCUT2D eigenvalue weighted by Gasteiger charge is 2.27. The quantitative estimate of drug-likeness (QED) is 0.637. The van der Waals surface area contributed by atoms with E-state index in [9.17, 15) is 4.79 Å². The van der Waals surface area contributed by atoms with Crippen molar-refractivity contribution in [1.82, 2.24) is 9.80 Å². The number of unbranched alkanes of at least 4 members (excludes halogenated alkanes) is 1. The molecule has 0 spiro atoms. The highest BCUT2D eigenvalue weighted by molar-refractivity contribution is 5.77. The first-order valence-electron chi connectivity index (χ1n) is 8.15. The summed E-state index contributed by atoms with van der Waals surface area (Å²) in [5.74, 6) is 0.682. The number of rotatable bonds is 8. The summed E-state index contributed by atoms with van der Waals surface area (Å²) in [6, 6.07) is 0.405. The fourth-order valence-corrected chi connectivity index (χ4v) is 3.05. The second-order valence-electron chi connectivity index (χ2n) is 6.34. The molecule has 1 aliphatic rings. The molecule has 0 N–H and O–H groups in total. The van der Waals surface area contributed by atoms with Crippen LogP contribution in [0.3, 0.4) is 0 Å². The van der Waals surface area contributed by atoms with Crippen molar-refractivity contribution in [2.45, 2.75) is 57.9 Å². The number of likely N-dealkylation sites (N-methyl/N-ethyl adjacent to an activating group) is 1. The normalized spacial score (nSPS) is 21.0. The van der Waals surface area contributed by atoms with Crippen LogP contribution < -0.4 is 0 Å². The number of carbonyl (C=O) groups is 1. The molecule has 116 valence electrons. The number of allylic oxidation sites excluding steroid dienone is 1. The van der Waals surface area contributed by atoms with Crippen molar-refractivity contribution in [3.8, 4) is 0 Å². The summed E-state index contributed by atoms with van der Waals surface area (Å²) >= 11 is 0. The molecule has 1 aliphatic heterocycles. The van der Waals surface area contributed by atoms with E-state index in [-0.39, 0.29) is 0 Å². The lowest BCUT2D eigenvalue weighted by molar-refractivity contribution is -0.135. The van der Waals surface area contributed by atoms with E-state index in [0.29, 0.717) is 24.3 Å². The van der Waals surface area contributed by atoms with Crippen molar-refractivity contribution in [3.05, 3.63) is 12.7 Å². The Morgan fingerprint density at radius 2 is 2.20 bits per heavy atom. The fraction of sp³-hybridized carbons (Fsp3) is 0.824. The maximum Gasteiger partial charge on any atom is 0.223 e. The first kappa shape index (κ1) is 17.2. The van der Waals surface area contributed by atoms with E-state index < -0.39 is 0 Å². The van der Waals surface area contributed by atoms with E-state index in [4.69, 9.17) is 0 Å². The van der Waals surface area contributed by atoms with Gasteiger partial charge in [-0.05, 0) is 45.7 Å². The molecule has 0 aromatic rings. The smallest absolute Gasteiger partial charge is 0.223 e. The van der Waals surface area contributed by atoms with Gasteiger partial charge in [0.25, 0.3) is 0 Å². The fourth-order valence-electron chi connectivity index (χ4n) is 3.05. The van der Waals surface area contributed by atoms with Crippen molar-refractivity contribution in [3.63, 3.8) is 0 Å². The molecule has 1 saturated heterocycles. The largest absolute Gasteiger partial charge is 0.338 e. The number of hydrogen-bond donors (Lipinski definition) is 0. The SMILES string of the molecule is C=CC(CCCC)CC(=O)N1CCCCC1CN(C)C. The molecule has 0 aromatic carbocycles. The zero-order chi connectivity index (χ0) is 15.0. The molecule has 3 nitrogen and oxygen atoms in total. The Kier molecular flexibility index (Phi) is 7.90. The predicted molar refractivity (Wildman–Crippen MR) is 85.7 cm³/mol. The van der Waals surface area contributed by atoms with E-state index in [1.165, 1.54) is 19.3 Å². The topological polar surface area (TPSA) is 23.6 Å². The van der Waals surface area contributed by atoms with Gasteiger partial charge in [-0.25, -0.2) is 0 Å². The van der Waals surface area contributed by atoms with Gasteiger partial charge in [0.05, 0.1) is 0 Å². The first-order chi connectivity index (χ1) is 9.58. The third-order valence-electron chi connectivity index (χ3n) is 4.22. The Balaban J connectivity index is 2.55. The lowest BCUT2D eigenvalue weighted by Gasteiger charge is -2.38. The highest BCUT2D eigenvalue weighted by atomic mass is 16.2. The molecule has 20 heavy (non-hydrogen) atoms. The number of nitrogens with zero attached hydrogens (tertiary/aromatic N) is 2. The Labute approximate surface area is 125 Å². The summed E-state index contributed by atoms with van der Waals surface area (Å²) in [5.41, 5.74) is 0. The van der Waals surface area contributed by atoms with E-state index in [2.05, 4.69) is 37.4 Å². The molecule has 1 rings (SSSR count). The molecule has 2 atom stereocenters. The molecule has 1 heterocycles. The number of piperidine rings is 1. The molecule has 0 saturated carbocycles. The van der Waals surface area contributed by atoms with Crippen LogP contribution in [0.1, 0.15) is 51.9 Å². The standard InChI is InChI=1S/C17H32N2O/c1-5-7-10-15(6-2)13-17(20)19-12-9-8-11-16(19)14-18(3)4/h6,15-16H,2,5,7-14H2,1,3-4H3. The van der Waals surface area contributed by atoms with Crippen molar-refractivity contribution in [2.24, 2.45) is 5.92 Å². The Hall–Kier alpha value is -0.830. The lowest BCUT2D eigenvalue weighted by Crippen LogP contribution is -2.48. The maximum atomic E-state index is 12.6. The maximum absolute atomic E-state index is 12.6. The third-order valence-corrected chi connectivity index (χ3v) is 4.22. The lowest BCUT2D eigenvalue weighted by atomic mass is 9.95. The number of amides is 1. The Bertz CT molecular complexity index is 301. The van der Waals surface area contributed by atoms with Crippen LogP contribution in [0.2, 0.25) is 0 Å². The van der Waals surface area contributed by atoms with Gasteiger partial charge in [0.2, 0.25) is 5.91 Å². The molecule has 0 aliphatic carbocycles. The van der Waals surface area contributed by atoms with Gasteiger partial charge < -0.3 is 9.80 Å². The van der Waals surface area contributed by atoms with Crippen LogP contribution in [-0.2, 0) is 4.79 Å². The van der Waals surface area contributed by atoms with Crippen LogP contribution >= 0.6 is 0 Å². The summed E-state index contributed by atoms with van der Waals surface area (Å²) in [5, 5.41) is 0. The van der Waals surface area contributed by atoms with Gasteiger partial charge in [0.1, 0.15) is 0 Å². The van der Waals surface area contributed by atoms with Crippen LogP contribution in [-0.4, -0.2) is 48.9 Å². The van der Waals surface area contributed by atoms with Gasteiger partial charge in [-0.3, -0.25) is 4.79 Å². The summed E-state index contributed by atoms with van der Waals surface area (Å²) < 4.78 is 0. The molecule has 0 bridgehead atoms. The number of likely N-dealkylation sites (tertiary alicyclic amines) is 1. The molecule has 0 aromatic heterocycles. The molecular weight excluding hydrogens is 248 g/mol. The van der Waals surface area contributed by atoms with Crippen LogP contribution in [0.25, 0.3) is 0 Å². The van der Waals surface area contributed by atoms with Gasteiger partial charge in [-0.2, -0.15) is 0 Å². The zero-order valence-electron chi connectivity index (χ0n) is 13.6. The molecule has 1 fully saturated rings. The van der Waals surface area contributed by atoms with E-state index in [0.717, 1.165) is 32.4 Å². The van der Waals surface area contributed by atoms with E-state index in [1.807, 2.05) is 6.08 Å². The minimum Gasteiger partial charge on any atom is -0.338 e. The molecule has 1 amide bonds. The number of carbonyl (C=O) groups excluding carboxylic acids is 1. The monoisotopic (exact) mass is 280 g/mol. The summed E-state index contributed by atoms with van der Waals surface area (Å²) in [4.78, 5) is 16.9. The zero-order valence-corrected chi connectivity index (χ0v) is 13.6.